The molecule has 0 bridgehead atoms. The SMILES string of the molecule is COCCCN(C(=O)c1cnccn1)c1c(N)n(CC(C)C)c(=O)[nH]c1=O. The Morgan fingerprint density at radius 3 is 2.70 bits per heavy atom. The third-order valence-corrected chi connectivity index (χ3v) is 3.79. The first-order valence-electron chi connectivity index (χ1n) is 8.56. The number of H-pyrrole nitrogens is 1. The van der Waals surface area contributed by atoms with Crippen molar-refractivity contribution in [3.8, 4) is 0 Å². The monoisotopic (exact) mass is 376 g/mol. The molecule has 0 unspecified atom stereocenters. The van der Waals surface area contributed by atoms with Gasteiger partial charge in [0.1, 0.15) is 11.5 Å². The van der Waals surface area contributed by atoms with Crippen molar-refractivity contribution in [1.82, 2.24) is 19.5 Å². The van der Waals surface area contributed by atoms with Gasteiger partial charge in [-0.2, -0.15) is 0 Å². The maximum Gasteiger partial charge on any atom is 0.330 e. The van der Waals surface area contributed by atoms with Crippen molar-refractivity contribution in [3.05, 3.63) is 45.1 Å². The van der Waals surface area contributed by atoms with Gasteiger partial charge < -0.3 is 10.5 Å². The predicted octanol–water partition coefficient (Wildman–Crippen LogP) is 0.248. The van der Waals surface area contributed by atoms with Crippen molar-refractivity contribution in [1.29, 1.82) is 0 Å². The van der Waals surface area contributed by atoms with Gasteiger partial charge in [-0.25, -0.2) is 9.78 Å². The Hall–Kier alpha value is -3.01. The van der Waals surface area contributed by atoms with Gasteiger partial charge in [0.05, 0.1) is 6.20 Å². The Kier molecular flexibility index (Phi) is 6.83. The maximum atomic E-state index is 12.9. The quantitative estimate of drug-likeness (QED) is 0.630. The first-order valence-corrected chi connectivity index (χ1v) is 8.56. The zero-order valence-corrected chi connectivity index (χ0v) is 15.6. The average Bonchev–Trinajstić information content (AvgIpc) is 2.64. The highest BCUT2D eigenvalue weighted by molar-refractivity contribution is 6.05. The van der Waals surface area contributed by atoms with E-state index in [-0.39, 0.29) is 29.7 Å². The van der Waals surface area contributed by atoms with Crippen LogP contribution in [0.15, 0.2) is 28.2 Å². The Labute approximate surface area is 156 Å². The molecule has 146 valence electrons. The number of nitrogens with zero attached hydrogens (tertiary/aromatic N) is 4. The number of ether oxygens (including phenoxy) is 1. The molecule has 0 aliphatic heterocycles. The van der Waals surface area contributed by atoms with Crippen molar-refractivity contribution in [2.75, 3.05) is 30.9 Å². The number of methoxy groups -OCH3 is 1. The molecular weight excluding hydrogens is 352 g/mol. The first-order chi connectivity index (χ1) is 12.9. The van der Waals surface area contributed by atoms with Crippen LogP contribution in [0.5, 0.6) is 0 Å². The van der Waals surface area contributed by atoms with Gasteiger partial charge in [0.15, 0.2) is 5.69 Å². The van der Waals surface area contributed by atoms with Crippen molar-refractivity contribution in [3.63, 3.8) is 0 Å². The summed E-state index contributed by atoms with van der Waals surface area (Å²) in [6.07, 6.45) is 4.59. The molecule has 0 radical (unpaired) electrons. The van der Waals surface area contributed by atoms with Crippen LogP contribution in [0.2, 0.25) is 0 Å². The molecule has 0 aromatic carbocycles. The molecule has 27 heavy (non-hydrogen) atoms. The van der Waals surface area contributed by atoms with Gasteiger partial charge >= 0.3 is 5.69 Å². The van der Waals surface area contributed by atoms with Crippen molar-refractivity contribution >= 4 is 17.4 Å². The van der Waals surface area contributed by atoms with E-state index in [1.807, 2.05) is 13.8 Å². The molecule has 0 atom stereocenters. The van der Waals surface area contributed by atoms with Gasteiger partial charge in [0.25, 0.3) is 11.5 Å². The summed E-state index contributed by atoms with van der Waals surface area (Å²) < 4.78 is 6.29. The molecule has 0 aliphatic carbocycles. The standard InChI is InChI=1S/C17H24N6O4/c1-11(2)10-23-14(18)13(15(24)21-17(23)26)22(7-4-8-27-3)16(25)12-9-19-5-6-20-12/h5-6,9,11H,4,7-8,10,18H2,1-3H3,(H,21,24,26). The smallest absolute Gasteiger partial charge is 0.330 e. The van der Waals surface area contributed by atoms with E-state index < -0.39 is 17.2 Å². The summed E-state index contributed by atoms with van der Waals surface area (Å²) in [5.74, 6) is -0.486. The number of carbonyl (C=O) groups is 1. The second-order valence-corrected chi connectivity index (χ2v) is 6.39. The maximum absolute atomic E-state index is 12.9. The molecule has 2 aromatic rings. The first kappa shape index (κ1) is 20.3. The van der Waals surface area contributed by atoms with E-state index in [2.05, 4.69) is 15.0 Å². The number of rotatable bonds is 8. The van der Waals surface area contributed by atoms with Crippen LogP contribution in [0.3, 0.4) is 0 Å². The van der Waals surface area contributed by atoms with Gasteiger partial charge in [-0.05, 0) is 12.3 Å². The summed E-state index contributed by atoms with van der Waals surface area (Å²) in [5.41, 5.74) is 4.78. The highest BCUT2D eigenvalue weighted by atomic mass is 16.5. The van der Waals surface area contributed by atoms with Crippen LogP contribution >= 0.6 is 0 Å². The lowest BCUT2D eigenvalue weighted by atomic mass is 10.2. The number of hydrogen-bond donors (Lipinski definition) is 2. The normalized spacial score (nSPS) is 11.0. The van der Waals surface area contributed by atoms with Crippen LogP contribution in [-0.4, -0.2) is 45.7 Å². The average molecular weight is 376 g/mol. The van der Waals surface area contributed by atoms with Crippen molar-refractivity contribution < 1.29 is 9.53 Å². The molecular formula is C17H24N6O4. The lowest BCUT2D eigenvalue weighted by Crippen LogP contribution is -2.42. The topological polar surface area (TPSA) is 136 Å². The number of anilines is 2. The Bertz CT molecular complexity index is 891. The Morgan fingerprint density at radius 1 is 1.37 bits per heavy atom. The van der Waals surface area contributed by atoms with Crippen LogP contribution < -0.4 is 21.9 Å². The van der Waals surface area contributed by atoms with Gasteiger partial charge in [-0.3, -0.25) is 29.0 Å². The minimum absolute atomic E-state index is 0.0629. The Morgan fingerprint density at radius 2 is 2.11 bits per heavy atom. The second-order valence-electron chi connectivity index (χ2n) is 6.39. The molecule has 2 aromatic heterocycles. The zero-order chi connectivity index (χ0) is 20.0. The van der Waals surface area contributed by atoms with Gasteiger partial charge in [-0.1, -0.05) is 13.8 Å². The van der Waals surface area contributed by atoms with Crippen LogP contribution in [0.4, 0.5) is 11.5 Å². The number of hydrogen-bond acceptors (Lipinski definition) is 7. The van der Waals surface area contributed by atoms with Gasteiger partial charge in [0.2, 0.25) is 0 Å². The van der Waals surface area contributed by atoms with Crippen molar-refractivity contribution in [2.45, 2.75) is 26.8 Å². The molecule has 0 spiro atoms. The van der Waals surface area contributed by atoms with E-state index in [4.69, 9.17) is 10.5 Å². The molecule has 0 aliphatic rings. The van der Waals surface area contributed by atoms with Crippen LogP contribution in [-0.2, 0) is 11.3 Å². The van der Waals surface area contributed by atoms with Gasteiger partial charge in [-0.15, -0.1) is 0 Å². The second kappa shape index (κ2) is 9.08. The Balaban J connectivity index is 2.56. The van der Waals surface area contributed by atoms with E-state index in [1.54, 1.807) is 7.11 Å². The molecule has 10 heteroatoms. The third kappa shape index (κ3) is 4.79. The number of nitrogens with one attached hydrogen (secondary N) is 1. The fraction of sp³-hybridized carbons (Fsp3) is 0.471. The number of aromatic amines is 1. The summed E-state index contributed by atoms with van der Waals surface area (Å²) in [6.45, 7) is 4.68. The molecule has 0 saturated carbocycles. The largest absolute Gasteiger partial charge is 0.385 e. The third-order valence-electron chi connectivity index (χ3n) is 3.79. The number of amides is 1. The predicted molar refractivity (Wildman–Crippen MR) is 101 cm³/mol. The summed E-state index contributed by atoms with van der Waals surface area (Å²) >= 11 is 0. The summed E-state index contributed by atoms with van der Waals surface area (Å²) in [7, 11) is 1.54. The zero-order valence-electron chi connectivity index (χ0n) is 15.6. The molecule has 3 N–H and O–H groups in total. The van der Waals surface area contributed by atoms with Crippen LogP contribution in [0, 0.1) is 5.92 Å². The molecule has 2 rings (SSSR count). The lowest BCUT2D eigenvalue weighted by Gasteiger charge is -2.24. The highest BCUT2D eigenvalue weighted by Crippen LogP contribution is 2.20. The minimum Gasteiger partial charge on any atom is -0.385 e. The minimum atomic E-state index is -0.729. The highest BCUT2D eigenvalue weighted by Gasteiger charge is 2.26. The molecule has 0 fully saturated rings. The van der Waals surface area contributed by atoms with Crippen molar-refractivity contribution in [2.24, 2.45) is 5.92 Å². The fourth-order valence-corrected chi connectivity index (χ4v) is 2.61. The molecule has 10 nitrogen and oxygen atoms in total. The number of nitrogen functional groups attached to an aromatic ring is 1. The molecule has 0 saturated heterocycles. The van der Waals surface area contributed by atoms with Gasteiger partial charge in [0, 0.05) is 39.2 Å². The number of aromatic nitrogens is 4. The molecule has 1 amide bonds. The van der Waals surface area contributed by atoms with E-state index in [0.717, 1.165) is 0 Å². The number of carbonyl (C=O) groups excluding carboxylic acids is 1. The summed E-state index contributed by atoms with van der Waals surface area (Å²) in [4.78, 5) is 48.9. The van der Waals surface area contributed by atoms with E-state index >= 15 is 0 Å². The lowest BCUT2D eigenvalue weighted by molar-refractivity contribution is 0.0978. The van der Waals surface area contributed by atoms with Crippen LogP contribution in [0.1, 0.15) is 30.8 Å². The van der Waals surface area contributed by atoms with Crippen LogP contribution in [0.25, 0.3) is 0 Å². The fourth-order valence-electron chi connectivity index (χ4n) is 2.61. The molecule has 2 heterocycles. The summed E-state index contributed by atoms with van der Waals surface area (Å²) in [6, 6.07) is 0. The van der Waals surface area contributed by atoms with E-state index in [1.165, 1.54) is 28.1 Å². The van der Waals surface area contributed by atoms with E-state index in [0.29, 0.717) is 19.6 Å². The number of nitrogens with two attached hydrogens (primary N) is 1. The summed E-state index contributed by atoms with van der Waals surface area (Å²) in [5, 5.41) is 0. The van der Waals surface area contributed by atoms with E-state index in [9.17, 15) is 14.4 Å².